The Morgan fingerprint density at radius 3 is 3.00 bits per heavy atom. The van der Waals surface area contributed by atoms with E-state index in [-0.39, 0.29) is 18.2 Å². The fourth-order valence-electron chi connectivity index (χ4n) is 4.15. The number of carbonyl (C=O) groups is 1. The third-order valence-electron chi connectivity index (χ3n) is 5.54. The zero-order chi connectivity index (χ0) is 17.2. The Kier molecular flexibility index (Phi) is 4.87. The summed E-state index contributed by atoms with van der Waals surface area (Å²) in [7, 11) is 0. The summed E-state index contributed by atoms with van der Waals surface area (Å²) in [6.45, 7) is 3.11. The van der Waals surface area contributed by atoms with Gasteiger partial charge in [0, 0.05) is 37.2 Å². The van der Waals surface area contributed by atoms with Gasteiger partial charge in [0.1, 0.15) is 6.10 Å². The molecule has 0 spiro atoms. The topological polar surface area (TPSA) is 84.5 Å². The van der Waals surface area contributed by atoms with Gasteiger partial charge in [-0.3, -0.25) is 10.4 Å². The number of carbonyl (C=O) groups excluding carboxylic acids is 1. The minimum Gasteiger partial charge on any atom is -0.442 e. The van der Waals surface area contributed by atoms with Gasteiger partial charge in [0.2, 0.25) is 0 Å². The van der Waals surface area contributed by atoms with Crippen LogP contribution in [-0.2, 0) is 9.47 Å². The number of hydrazine groups is 1. The smallest absolute Gasteiger partial charge is 0.407 e. The van der Waals surface area contributed by atoms with E-state index in [2.05, 4.69) is 27.2 Å². The molecule has 1 aromatic rings. The molecule has 1 aromatic heterocycles. The Hall–Kier alpha value is -1.70. The highest BCUT2D eigenvalue weighted by Crippen LogP contribution is 2.39. The van der Waals surface area contributed by atoms with Gasteiger partial charge in [-0.1, -0.05) is 0 Å². The lowest BCUT2D eigenvalue weighted by molar-refractivity contribution is 0.00709. The summed E-state index contributed by atoms with van der Waals surface area (Å²) in [5.41, 5.74) is 8.93. The molecule has 1 saturated heterocycles. The zero-order valence-electron chi connectivity index (χ0n) is 14.5. The van der Waals surface area contributed by atoms with Crippen LogP contribution in [0.15, 0.2) is 18.5 Å². The minimum absolute atomic E-state index is 0.204. The summed E-state index contributed by atoms with van der Waals surface area (Å²) in [5.74, 6) is 0.483. The van der Waals surface area contributed by atoms with Crippen LogP contribution >= 0.6 is 0 Å². The van der Waals surface area contributed by atoms with Crippen molar-refractivity contribution in [2.45, 2.75) is 56.9 Å². The van der Waals surface area contributed by atoms with Crippen LogP contribution in [0.4, 0.5) is 4.79 Å². The fraction of sp³-hybridized carbons (Fsp3) is 0.667. The van der Waals surface area contributed by atoms with Gasteiger partial charge in [0.15, 0.2) is 0 Å². The predicted octanol–water partition coefficient (Wildman–Crippen LogP) is 1.98. The van der Waals surface area contributed by atoms with Crippen molar-refractivity contribution < 1.29 is 14.3 Å². The number of pyridine rings is 1. The van der Waals surface area contributed by atoms with E-state index >= 15 is 0 Å². The normalized spacial score (nSPS) is 35.9. The first-order valence-electron chi connectivity index (χ1n) is 9.22. The molecule has 3 heterocycles. The lowest BCUT2D eigenvalue weighted by Crippen LogP contribution is -2.37. The van der Waals surface area contributed by atoms with Gasteiger partial charge in [-0.15, -0.1) is 0 Å². The van der Waals surface area contributed by atoms with Crippen molar-refractivity contribution in [3.63, 3.8) is 0 Å². The van der Waals surface area contributed by atoms with Gasteiger partial charge in [-0.25, -0.2) is 10.2 Å². The molecule has 0 aromatic carbocycles. The monoisotopic (exact) mass is 346 g/mol. The summed E-state index contributed by atoms with van der Waals surface area (Å²) < 4.78 is 11.5. The molecule has 0 radical (unpaired) electrons. The molecule has 7 heteroatoms. The van der Waals surface area contributed by atoms with Gasteiger partial charge in [0.05, 0.1) is 12.1 Å². The van der Waals surface area contributed by atoms with Crippen molar-refractivity contribution in [1.29, 1.82) is 0 Å². The number of nitrogens with one attached hydrogen (secondary N) is 3. The number of rotatable bonds is 0. The summed E-state index contributed by atoms with van der Waals surface area (Å²) in [5, 5.41) is 2.79. The molecule has 3 N–H and O–H groups in total. The quantitative estimate of drug-likeness (QED) is 0.666. The number of aromatic nitrogens is 1. The molecular formula is C18H26N4O3. The summed E-state index contributed by atoms with van der Waals surface area (Å²) in [6.07, 6.45) is 7.26. The average Bonchev–Trinajstić information content (AvgIpc) is 3.04. The molecular weight excluding hydrogens is 320 g/mol. The number of cyclic esters (lactones) is 1. The molecule has 1 saturated carbocycles. The molecule has 25 heavy (non-hydrogen) atoms. The third-order valence-corrected chi connectivity index (χ3v) is 5.54. The number of amides is 1. The maximum absolute atomic E-state index is 11.9. The third kappa shape index (κ3) is 3.63. The first-order valence-corrected chi connectivity index (χ1v) is 9.22. The van der Waals surface area contributed by atoms with Crippen LogP contribution in [0, 0.1) is 5.92 Å². The summed E-state index contributed by atoms with van der Waals surface area (Å²) in [4.78, 5) is 16.3. The molecule has 4 bridgehead atoms. The van der Waals surface area contributed by atoms with Crippen molar-refractivity contribution in [2.24, 2.45) is 5.92 Å². The zero-order valence-corrected chi connectivity index (χ0v) is 14.5. The van der Waals surface area contributed by atoms with E-state index < -0.39 is 6.09 Å². The second-order valence-corrected chi connectivity index (χ2v) is 7.22. The van der Waals surface area contributed by atoms with E-state index in [0.29, 0.717) is 25.1 Å². The second kappa shape index (κ2) is 7.27. The molecule has 2 fully saturated rings. The minimum atomic E-state index is -0.396. The van der Waals surface area contributed by atoms with Crippen molar-refractivity contribution in [3.05, 3.63) is 29.6 Å². The van der Waals surface area contributed by atoms with Gasteiger partial charge in [-0.2, -0.15) is 0 Å². The van der Waals surface area contributed by atoms with E-state index in [1.807, 2.05) is 13.1 Å². The predicted molar refractivity (Wildman–Crippen MR) is 91.6 cm³/mol. The van der Waals surface area contributed by atoms with E-state index in [4.69, 9.17) is 9.47 Å². The van der Waals surface area contributed by atoms with E-state index in [1.54, 1.807) is 6.20 Å². The van der Waals surface area contributed by atoms with E-state index in [1.165, 1.54) is 0 Å². The molecule has 7 nitrogen and oxygen atoms in total. The lowest BCUT2D eigenvalue weighted by Gasteiger charge is -2.33. The number of ether oxygens (including phenoxy) is 2. The highest BCUT2D eigenvalue weighted by atomic mass is 16.6. The van der Waals surface area contributed by atoms with Gasteiger partial charge >= 0.3 is 6.09 Å². The molecule has 136 valence electrons. The molecule has 5 atom stereocenters. The Morgan fingerprint density at radius 2 is 2.08 bits per heavy atom. The Labute approximate surface area is 147 Å². The Balaban J connectivity index is 1.61. The van der Waals surface area contributed by atoms with Gasteiger partial charge in [-0.05, 0) is 50.2 Å². The molecule has 2 aliphatic heterocycles. The van der Waals surface area contributed by atoms with Crippen LogP contribution in [0.3, 0.4) is 0 Å². The first kappa shape index (κ1) is 16.8. The molecule has 1 amide bonds. The summed E-state index contributed by atoms with van der Waals surface area (Å²) >= 11 is 0. The van der Waals surface area contributed by atoms with Crippen molar-refractivity contribution >= 4 is 6.09 Å². The van der Waals surface area contributed by atoms with Crippen LogP contribution in [0.2, 0.25) is 0 Å². The van der Waals surface area contributed by atoms with Crippen LogP contribution in [0.1, 0.15) is 55.9 Å². The van der Waals surface area contributed by atoms with Crippen molar-refractivity contribution in [1.82, 2.24) is 21.2 Å². The standard InChI is InChI=1S/C18H26N4O3/c1-11-12-7-13(10-19-9-12)17-15-8-14(3-4-16(15)21-22-17)24-6-2-5-20-18(23)25-11/h7,9-11,14-17,21-22H,2-6,8H2,1H3,(H,20,23). The van der Waals surface area contributed by atoms with Crippen molar-refractivity contribution in [3.8, 4) is 0 Å². The Bertz CT molecular complexity index is 626. The van der Waals surface area contributed by atoms with Gasteiger partial charge in [0.25, 0.3) is 0 Å². The number of hydrogen-bond donors (Lipinski definition) is 3. The first-order chi connectivity index (χ1) is 12.2. The van der Waals surface area contributed by atoms with E-state index in [0.717, 1.165) is 36.8 Å². The number of alkyl carbamates (subject to hydrolysis) is 1. The van der Waals surface area contributed by atoms with Crippen LogP contribution in [0.5, 0.6) is 0 Å². The van der Waals surface area contributed by atoms with E-state index in [9.17, 15) is 4.79 Å². The number of hydrogen-bond acceptors (Lipinski definition) is 6. The molecule has 5 unspecified atom stereocenters. The van der Waals surface area contributed by atoms with Crippen LogP contribution < -0.4 is 16.2 Å². The van der Waals surface area contributed by atoms with Crippen LogP contribution in [-0.4, -0.2) is 36.4 Å². The maximum atomic E-state index is 11.9. The molecule has 1 aliphatic carbocycles. The second-order valence-electron chi connectivity index (χ2n) is 7.22. The fourth-order valence-corrected chi connectivity index (χ4v) is 4.15. The molecule has 4 rings (SSSR count). The van der Waals surface area contributed by atoms with Gasteiger partial charge < -0.3 is 14.8 Å². The number of fused-ring (bicyclic) bond motifs is 4. The lowest BCUT2D eigenvalue weighted by atomic mass is 9.78. The highest BCUT2D eigenvalue weighted by molar-refractivity contribution is 5.67. The maximum Gasteiger partial charge on any atom is 0.407 e. The SMILES string of the molecule is CC1OC(=O)NCCCOC2CCC3NNC(c4cncc1c4)C3C2. The number of nitrogens with zero attached hydrogens (tertiary/aromatic N) is 1. The Morgan fingerprint density at radius 1 is 1.20 bits per heavy atom. The molecule has 3 aliphatic rings. The highest BCUT2D eigenvalue weighted by Gasteiger charge is 2.41. The average molecular weight is 346 g/mol. The van der Waals surface area contributed by atoms with Crippen LogP contribution in [0.25, 0.3) is 0 Å². The largest absolute Gasteiger partial charge is 0.442 e. The van der Waals surface area contributed by atoms with Crippen molar-refractivity contribution in [2.75, 3.05) is 13.2 Å². The summed E-state index contributed by atoms with van der Waals surface area (Å²) in [6, 6.07) is 2.77.